The molecule has 1 heterocycles. The highest BCUT2D eigenvalue weighted by atomic mass is 16.6. The van der Waals surface area contributed by atoms with Gasteiger partial charge in [0.05, 0.1) is 29.6 Å². The lowest BCUT2D eigenvalue weighted by Gasteiger charge is -2.64. The Kier molecular flexibility index (Phi) is 11.1. The van der Waals surface area contributed by atoms with Gasteiger partial charge in [-0.05, 0) is 63.5 Å². The summed E-state index contributed by atoms with van der Waals surface area (Å²) in [6, 6.07) is 16.6. The molecule has 1 saturated carbocycles. The number of carbonyl (C=O) groups is 5. The zero-order chi connectivity index (χ0) is 39.1. The van der Waals surface area contributed by atoms with Gasteiger partial charge in [0.2, 0.25) is 0 Å². The highest BCUT2D eigenvalue weighted by Gasteiger charge is 2.75. The number of aliphatic hydroxyl groups is 3. The third-order valence-electron chi connectivity index (χ3n) is 11.2. The first-order valence-corrected chi connectivity index (χ1v) is 17.6. The summed E-state index contributed by atoms with van der Waals surface area (Å²) in [6.45, 7) is 9.22. The first-order chi connectivity index (χ1) is 24.8. The average Bonchev–Trinajstić information content (AvgIpc) is 3.09. The van der Waals surface area contributed by atoms with Gasteiger partial charge in [-0.25, -0.2) is 9.59 Å². The number of hydrogen-bond acceptors (Lipinski definition) is 13. The molecule has 0 amide bonds. The zero-order valence-electron chi connectivity index (χ0n) is 31.0. The van der Waals surface area contributed by atoms with Gasteiger partial charge in [-0.3, -0.25) is 14.4 Å². The van der Waals surface area contributed by atoms with Crippen LogP contribution in [0.5, 0.6) is 0 Å². The monoisotopic (exact) mass is 736 g/mol. The molecule has 13 nitrogen and oxygen atoms in total. The van der Waals surface area contributed by atoms with Gasteiger partial charge < -0.3 is 39.0 Å². The van der Waals surface area contributed by atoms with E-state index < -0.39 is 94.7 Å². The molecule has 1 aliphatic heterocycles. The predicted octanol–water partition coefficient (Wildman–Crippen LogP) is 3.20. The standard InChI is InChI=1S/C40H48O13/c1-22-23(2)38(6,53-36(47)28(43)18-26-14-10-8-11-15-26)20-37(5,48)34(51-35(46)27-16-12-9-13-17-27)32-39(7,33(45)31(22)50-24(3)41)29(44)19-30-40(32,21-49-30)52-25(4)42/h8-17,28-32,34,43-44,48H,18-21H2,1-7H3/b23-22+/t28-,29+,30-,31-,32+,34+,37-,38-,39-,40+/m1/s1. The van der Waals surface area contributed by atoms with Crippen molar-refractivity contribution in [3.05, 3.63) is 82.9 Å². The van der Waals surface area contributed by atoms with Crippen LogP contribution in [0.1, 0.15) is 77.2 Å². The SMILES string of the molecule is CC(=O)O[C@H]1C(=O)[C@@]2(C)[C@H]([C@H](OC(=O)c3ccccc3)[C@](C)(O)C[C@@](C)(OC(=O)[C@H](O)Cc3ccccc3)/C(C)=C/1C)[C@]1(OC(C)=O)CO[C@@H]1C[C@@H]2O. The Labute approximate surface area is 308 Å². The van der Waals surface area contributed by atoms with E-state index >= 15 is 4.79 Å². The molecule has 53 heavy (non-hydrogen) atoms. The molecule has 1 saturated heterocycles. The highest BCUT2D eigenvalue weighted by molar-refractivity contribution is 5.94. The fourth-order valence-electron chi connectivity index (χ4n) is 8.35. The van der Waals surface area contributed by atoms with E-state index in [0.29, 0.717) is 5.56 Å². The molecule has 3 N–H and O–H groups in total. The summed E-state index contributed by atoms with van der Waals surface area (Å²) in [6.07, 6.45) is -8.38. The number of esters is 4. The molecule has 5 rings (SSSR count). The largest absolute Gasteiger partial charge is 0.455 e. The van der Waals surface area contributed by atoms with E-state index in [1.165, 1.54) is 46.8 Å². The minimum Gasteiger partial charge on any atom is -0.455 e. The number of ketones is 1. The number of ether oxygens (including phenoxy) is 5. The van der Waals surface area contributed by atoms with Crippen molar-refractivity contribution in [2.75, 3.05) is 6.61 Å². The van der Waals surface area contributed by atoms with Crippen LogP contribution in [0.2, 0.25) is 0 Å². The molecule has 2 fully saturated rings. The normalized spacial score (nSPS) is 36.0. The number of Topliss-reactive ketones (excluding diaryl/α,β-unsaturated/α-hetero) is 1. The predicted molar refractivity (Wildman–Crippen MR) is 187 cm³/mol. The molecule has 2 aromatic carbocycles. The van der Waals surface area contributed by atoms with E-state index in [-0.39, 0.29) is 36.2 Å². The molecule has 0 unspecified atom stereocenters. The molecular formula is C40H48O13. The quantitative estimate of drug-likeness (QED) is 0.204. The first kappa shape index (κ1) is 39.8. The van der Waals surface area contributed by atoms with E-state index in [0.717, 1.165) is 13.8 Å². The zero-order valence-corrected chi connectivity index (χ0v) is 31.0. The molecule has 13 heteroatoms. The minimum atomic E-state index is -2.23. The Balaban J connectivity index is 1.74. The first-order valence-electron chi connectivity index (χ1n) is 17.6. The van der Waals surface area contributed by atoms with Crippen LogP contribution in [0.25, 0.3) is 0 Å². The molecule has 2 aliphatic carbocycles. The van der Waals surface area contributed by atoms with Crippen molar-refractivity contribution in [1.29, 1.82) is 0 Å². The summed E-state index contributed by atoms with van der Waals surface area (Å²) in [5.41, 5.74) is -6.73. The lowest BCUT2D eigenvalue weighted by atomic mass is 9.50. The lowest BCUT2D eigenvalue weighted by molar-refractivity contribution is -0.339. The van der Waals surface area contributed by atoms with Crippen molar-refractivity contribution in [3.63, 3.8) is 0 Å². The third kappa shape index (κ3) is 7.40. The van der Waals surface area contributed by atoms with Gasteiger partial charge in [0.1, 0.15) is 23.4 Å². The summed E-state index contributed by atoms with van der Waals surface area (Å²) in [7, 11) is 0. The Bertz CT molecular complexity index is 1770. The molecule has 10 atom stereocenters. The van der Waals surface area contributed by atoms with Crippen LogP contribution in [0, 0.1) is 11.3 Å². The molecule has 0 aromatic heterocycles. The number of fused-ring (bicyclic) bond motifs is 3. The highest BCUT2D eigenvalue weighted by Crippen LogP contribution is 2.59. The van der Waals surface area contributed by atoms with Crippen LogP contribution in [0.4, 0.5) is 0 Å². The van der Waals surface area contributed by atoms with Crippen LogP contribution in [0.3, 0.4) is 0 Å². The molecule has 3 aliphatic rings. The molecule has 286 valence electrons. The molecule has 2 aromatic rings. The van der Waals surface area contributed by atoms with Gasteiger partial charge in [0.25, 0.3) is 0 Å². The van der Waals surface area contributed by atoms with Gasteiger partial charge >= 0.3 is 23.9 Å². The van der Waals surface area contributed by atoms with Gasteiger partial charge in [0.15, 0.2) is 23.6 Å². The van der Waals surface area contributed by atoms with Gasteiger partial charge in [0, 0.05) is 33.1 Å². The maximum atomic E-state index is 15.2. The van der Waals surface area contributed by atoms with E-state index in [9.17, 15) is 34.5 Å². The Morgan fingerprint density at radius 1 is 0.906 bits per heavy atom. The van der Waals surface area contributed by atoms with Crippen molar-refractivity contribution < 1.29 is 63.0 Å². The van der Waals surface area contributed by atoms with Crippen molar-refractivity contribution >= 4 is 29.7 Å². The van der Waals surface area contributed by atoms with Gasteiger partial charge in [-0.2, -0.15) is 0 Å². The van der Waals surface area contributed by atoms with Crippen molar-refractivity contribution in [2.24, 2.45) is 11.3 Å². The van der Waals surface area contributed by atoms with Crippen LogP contribution in [-0.4, -0.2) is 98.9 Å². The van der Waals surface area contributed by atoms with E-state index in [2.05, 4.69) is 0 Å². The minimum absolute atomic E-state index is 0.0929. The molecule has 0 bridgehead atoms. The fourth-order valence-corrected chi connectivity index (χ4v) is 8.35. The average molecular weight is 737 g/mol. The second-order valence-corrected chi connectivity index (χ2v) is 15.1. The summed E-state index contributed by atoms with van der Waals surface area (Å²) < 4.78 is 29.7. The summed E-state index contributed by atoms with van der Waals surface area (Å²) in [5.74, 6) is -5.90. The van der Waals surface area contributed by atoms with Crippen molar-refractivity contribution in [2.45, 2.75) is 115 Å². The maximum absolute atomic E-state index is 15.2. The van der Waals surface area contributed by atoms with Crippen LogP contribution < -0.4 is 0 Å². The molecule has 0 radical (unpaired) electrons. The van der Waals surface area contributed by atoms with E-state index in [1.54, 1.807) is 48.5 Å². The molecular weight excluding hydrogens is 688 g/mol. The number of benzene rings is 2. The molecule has 0 spiro atoms. The fraction of sp³-hybridized carbons (Fsp3) is 0.525. The second kappa shape index (κ2) is 14.8. The topological polar surface area (TPSA) is 192 Å². The van der Waals surface area contributed by atoms with Crippen LogP contribution >= 0.6 is 0 Å². The summed E-state index contributed by atoms with van der Waals surface area (Å²) >= 11 is 0. The van der Waals surface area contributed by atoms with Gasteiger partial charge in [-0.1, -0.05) is 48.5 Å². The lowest BCUT2D eigenvalue weighted by Crippen LogP contribution is -2.79. The van der Waals surface area contributed by atoms with E-state index in [1.807, 2.05) is 0 Å². The van der Waals surface area contributed by atoms with Gasteiger partial charge in [-0.15, -0.1) is 0 Å². The number of carbonyl (C=O) groups excluding carboxylic acids is 5. The van der Waals surface area contributed by atoms with Crippen molar-refractivity contribution in [3.8, 4) is 0 Å². The third-order valence-corrected chi connectivity index (χ3v) is 11.2. The Hall–Kier alpha value is -4.43. The maximum Gasteiger partial charge on any atom is 0.338 e. The van der Waals surface area contributed by atoms with Crippen molar-refractivity contribution in [1.82, 2.24) is 0 Å². The summed E-state index contributed by atoms with van der Waals surface area (Å²) in [4.78, 5) is 68.2. The second-order valence-electron chi connectivity index (χ2n) is 15.1. The van der Waals surface area contributed by atoms with Crippen LogP contribution in [0.15, 0.2) is 71.8 Å². The van der Waals surface area contributed by atoms with Crippen LogP contribution in [-0.2, 0) is 49.3 Å². The number of aliphatic hydroxyl groups excluding tert-OH is 2. The number of hydrogen-bond donors (Lipinski definition) is 3. The Morgan fingerprint density at radius 2 is 1.51 bits per heavy atom. The summed E-state index contributed by atoms with van der Waals surface area (Å²) in [5, 5.41) is 35.7. The smallest absolute Gasteiger partial charge is 0.338 e. The Morgan fingerprint density at radius 3 is 2.06 bits per heavy atom. The van der Waals surface area contributed by atoms with E-state index in [4.69, 9.17) is 23.7 Å². The number of rotatable bonds is 8.